The number of hydrogen-bond donors (Lipinski definition) is 1. The van der Waals surface area contributed by atoms with Crippen molar-refractivity contribution in [2.24, 2.45) is 0 Å². The number of ether oxygens (including phenoxy) is 2. The van der Waals surface area contributed by atoms with Gasteiger partial charge >= 0.3 is 0 Å². The van der Waals surface area contributed by atoms with Gasteiger partial charge in [0.25, 0.3) is 0 Å². The molecule has 0 fully saturated rings. The molecule has 6 rings (SSSR count). The number of nitrogens with zero attached hydrogens (tertiary/aromatic N) is 1. The Kier molecular flexibility index (Phi) is 6.38. The monoisotopic (exact) mass is 506 g/mol. The molecule has 6 heteroatoms. The van der Waals surface area contributed by atoms with E-state index in [0.717, 1.165) is 51.0 Å². The molecule has 2 atom stereocenters. The van der Waals surface area contributed by atoms with E-state index >= 15 is 0 Å². The Labute approximate surface area is 222 Å². The largest absolute Gasteiger partial charge is 0.497 e. The van der Waals surface area contributed by atoms with Crippen molar-refractivity contribution in [3.8, 4) is 11.5 Å². The summed E-state index contributed by atoms with van der Waals surface area (Å²) < 4.78 is 16.9. The van der Waals surface area contributed by atoms with Crippen LogP contribution in [0.25, 0.3) is 0 Å². The van der Waals surface area contributed by atoms with Gasteiger partial charge in [0.15, 0.2) is 5.78 Å². The summed E-state index contributed by atoms with van der Waals surface area (Å²) in [6, 6.07) is 27.8. The lowest BCUT2D eigenvalue weighted by molar-refractivity contribution is -0.116. The van der Waals surface area contributed by atoms with Crippen LogP contribution in [0.2, 0.25) is 0 Å². The molecule has 2 heterocycles. The van der Waals surface area contributed by atoms with Crippen LogP contribution >= 0.6 is 0 Å². The number of nitrogens with one attached hydrogen (secondary N) is 1. The molecule has 0 radical (unpaired) electrons. The highest BCUT2D eigenvalue weighted by Crippen LogP contribution is 2.49. The third-order valence-electron chi connectivity index (χ3n) is 7.48. The molecule has 0 spiro atoms. The van der Waals surface area contributed by atoms with Gasteiger partial charge in [0, 0.05) is 35.7 Å². The number of rotatable bonds is 6. The number of benzene rings is 3. The van der Waals surface area contributed by atoms with Crippen molar-refractivity contribution in [3.05, 3.63) is 119 Å². The van der Waals surface area contributed by atoms with Crippen molar-refractivity contribution < 1.29 is 18.7 Å². The first-order valence-corrected chi connectivity index (χ1v) is 12.8. The summed E-state index contributed by atoms with van der Waals surface area (Å²) in [5, 5.41) is 3.67. The predicted octanol–water partition coefficient (Wildman–Crippen LogP) is 6.87. The summed E-state index contributed by atoms with van der Waals surface area (Å²) in [6.45, 7) is 0.594. The normalized spacial score (nSPS) is 18.8. The summed E-state index contributed by atoms with van der Waals surface area (Å²) >= 11 is 0. The minimum Gasteiger partial charge on any atom is -0.497 e. The standard InChI is InChI=1S/C32H30N2O4/c1-36-23-15-13-21(14-16-23)20-34-27-10-5-4-9-25(27)33-26-18-22(29-12-7-17-38-29)19-28(35)31(26)32(34)24-8-3-6-11-30(24)37-2/h3-17,22,32-33H,18-20H2,1-2H3/t22-,32+/m1/s1. The van der Waals surface area contributed by atoms with Crippen molar-refractivity contribution in [1.29, 1.82) is 0 Å². The minimum atomic E-state index is -0.343. The van der Waals surface area contributed by atoms with E-state index in [-0.39, 0.29) is 17.7 Å². The van der Waals surface area contributed by atoms with Gasteiger partial charge in [-0.15, -0.1) is 0 Å². The zero-order valence-corrected chi connectivity index (χ0v) is 21.5. The van der Waals surface area contributed by atoms with Gasteiger partial charge in [0.05, 0.1) is 37.9 Å². The van der Waals surface area contributed by atoms with E-state index < -0.39 is 0 Å². The summed E-state index contributed by atoms with van der Waals surface area (Å²) in [4.78, 5) is 16.4. The van der Waals surface area contributed by atoms with E-state index in [1.807, 2.05) is 54.6 Å². The summed E-state index contributed by atoms with van der Waals surface area (Å²) in [6.07, 6.45) is 2.76. The molecule has 6 nitrogen and oxygen atoms in total. The molecule has 0 amide bonds. The van der Waals surface area contributed by atoms with E-state index in [9.17, 15) is 4.79 Å². The van der Waals surface area contributed by atoms with Gasteiger partial charge < -0.3 is 24.1 Å². The third-order valence-corrected chi connectivity index (χ3v) is 7.48. The molecule has 192 valence electrons. The van der Waals surface area contributed by atoms with Crippen molar-refractivity contribution >= 4 is 17.2 Å². The maximum atomic E-state index is 14.1. The molecule has 0 saturated carbocycles. The van der Waals surface area contributed by atoms with Gasteiger partial charge in [-0.1, -0.05) is 42.5 Å². The van der Waals surface area contributed by atoms with Crippen LogP contribution in [0.4, 0.5) is 11.4 Å². The highest BCUT2D eigenvalue weighted by atomic mass is 16.5. The lowest BCUT2D eigenvalue weighted by atomic mass is 9.79. The number of allylic oxidation sites excluding steroid dienone is 1. The Balaban J connectivity index is 1.54. The SMILES string of the molecule is COc1ccc(CN2c3ccccc3NC3=C(C(=O)C[C@H](c4ccco4)C3)[C@@H]2c2ccccc2OC)cc1. The topological polar surface area (TPSA) is 63.9 Å². The number of para-hydroxylation sites is 3. The molecule has 2 aliphatic rings. The predicted molar refractivity (Wildman–Crippen MR) is 148 cm³/mol. The number of carbonyl (C=O) groups excluding carboxylic acids is 1. The Morgan fingerprint density at radius 2 is 1.68 bits per heavy atom. The van der Waals surface area contributed by atoms with Crippen LogP contribution in [0.15, 0.2) is 107 Å². The van der Waals surface area contributed by atoms with Gasteiger partial charge in [-0.25, -0.2) is 0 Å². The van der Waals surface area contributed by atoms with Crippen molar-refractivity contribution in [3.63, 3.8) is 0 Å². The second-order valence-corrected chi connectivity index (χ2v) is 9.70. The number of Topliss-reactive ketones (excluding diaryl/α,β-unsaturated/α-hetero) is 1. The molecule has 0 saturated heterocycles. The quantitative estimate of drug-likeness (QED) is 0.308. The first kappa shape index (κ1) is 23.9. The van der Waals surface area contributed by atoms with Crippen molar-refractivity contribution in [1.82, 2.24) is 0 Å². The van der Waals surface area contributed by atoms with Gasteiger partial charge in [0.2, 0.25) is 0 Å². The van der Waals surface area contributed by atoms with Crippen LogP contribution in [-0.4, -0.2) is 20.0 Å². The van der Waals surface area contributed by atoms with Gasteiger partial charge in [-0.05, 0) is 54.4 Å². The first-order chi connectivity index (χ1) is 18.7. The van der Waals surface area contributed by atoms with Crippen molar-refractivity contribution in [2.45, 2.75) is 31.3 Å². The molecule has 3 aromatic carbocycles. The Morgan fingerprint density at radius 1 is 0.895 bits per heavy atom. The first-order valence-electron chi connectivity index (χ1n) is 12.8. The van der Waals surface area contributed by atoms with E-state index in [1.165, 1.54) is 0 Å². The fourth-order valence-corrected chi connectivity index (χ4v) is 5.70. The zero-order chi connectivity index (χ0) is 26.1. The molecule has 4 aromatic rings. The molecule has 0 bridgehead atoms. The van der Waals surface area contributed by atoms with Crippen LogP contribution in [0.5, 0.6) is 11.5 Å². The number of ketones is 1. The summed E-state index contributed by atoms with van der Waals surface area (Å²) in [5.74, 6) is 2.51. The number of furan rings is 1. The van der Waals surface area contributed by atoms with E-state index in [4.69, 9.17) is 13.9 Å². The van der Waals surface area contributed by atoms with E-state index in [1.54, 1.807) is 20.5 Å². The van der Waals surface area contributed by atoms with Gasteiger partial charge in [-0.2, -0.15) is 0 Å². The molecular weight excluding hydrogens is 476 g/mol. The van der Waals surface area contributed by atoms with Crippen LogP contribution in [-0.2, 0) is 11.3 Å². The molecule has 1 aromatic heterocycles. The summed E-state index contributed by atoms with van der Waals surface area (Å²) in [7, 11) is 3.35. The molecule has 38 heavy (non-hydrogen) atoms. The Bertz CT molecular complexity index is 1470. The minimum absolute atomic E-state index is 0.0117. The molecule has 1 aliphatic heterocycles. The number of anilines is 2. The second-order valence-electron chi connectivity index (χ2n) is 9.70. The fraction of sp³-hybridized carbons (Fsp3) is 0.219. The van der Waals surface area contributed by atoms with Crippen LogP contribution < -0.4 is 19.7 Å². The fourth-order valence-electron chi connectivity index (χ4n) is 5.70. The summed E-state index contributed by atoms with van der Waals surface area (Å²) in [5.41, 5.74) is 5.78. The average Bonchev–Trinajstić information content (AvgIpc) is 3.46. The Hall–Kier alpha value is -4.45. The molecule has 0 unspecified atom stereocenters. The van der Waals surface area contributed by atoms with E-state index in [0.29, 0.717) is 19.4 Å². The smallest absolute Gasteiger partial charge is 0.163 e. The van der Waals surface area contributed by atoms with Crippen molar-refractivity contribution in [2.75, 3.05) is 24.4 Å². The number of hydrogen-bond acceptors (Lipinski definition) is 6. The average molecular weight is 507 g/mol. The lowest BCUT2D eigenvalue weighted by Crippen LogP contribution is -2.34. The molecular formula is C32H30N2O4. The van der Waals surface area contributed by atoms with Crippen LogP contribution in [0.1, 0.15) is 41.7 Å². The number of carbonyl (C=O) groups is 1. The molecule has 1 N–H and O–H groups in total. The number of methoxy groups -OCH3 is 2. The highest BCUT2D eigenvalue weighted by Gasteiger charge is 2.41. The van der Waals surface area contributed by atoms with Crippen LogP contribution in [0.3, 0.4) is 0 Å². The molecule has 1 aliphatic carbocycles. The lowest BCUT2D eigenvalue weighted by Gasteiger charge is -2.37. The highest BCUT2D eigenvalue weighted by molar-refractivity contribution is 6.01. The maximum absolute atomic E-state index is 14.1. The van der Waals surface area contributed by atoms with Crippen LogP contribution in [0, 0.1) is 0 Å². The van der Waals surface area contributed by atoms with Gasteiger partial charge in [-0.3, -0.25) is 4.79 Å². The maximum Gasteiger partial charge on any atom is 0.163 e. The second kappa shape index (κ2) is 10.1. The van der Waals surface area contributed by atoms with E-state index in [2.05, 4.69) is 40.5 Å². The van der Waals surface area contributed by atoms with Gasteiger partial charge in [0.1, 0.15) is 17.3 Å². The zero-order valence-electron chi connectivity index (χ0n) is 21.5. The Morgan fingerprint density at radius 3 is 2.45 bits per heavy atom. The number of fused-ring (bicyclic) bond motifs is 1. The third kappa shape index (κ3) is 4.32.